The predicted molar refractivity (Wildman–Crippen MR) is 104 cm³/mol. The zero-order valence-corrected chi connectivity index (χ0v) is 16.2. The number of hydrogen-bond donors (Lipinski definition) is 3. The lowest BCUT2D eigenvalue weighted by molar-refractivity contribution is -0.0000219. The highest BCUT2D eigenvalue weighted by molar-refractivity contribution is 5.94. The molecule has 2 aromatic rings. The molecule has 0 fully saturated rings. The van der Waals surface area contributed by atoms with E-state index in [2.05, 4.69) is 16.0 Å². The third-order valence-electron chi connectivity index (χ3n) is 3.95. The Labute approximate surface area is 167 Å². The van der Waals surface area contributed by atoms with Crippen LogP contribution in [0.3, 0.4) is 0 Å². The molecule has 0 aromatic heterocycles. The number of hydrogen-bond acceptors (Lipinski definition) is 3. The average molecular weight is 389 g/mol. The van der Waals surface area contributed by atoms with Gasteiger partial charge in [0.25, 0.3) is 11.8 Å². The zero-order valence-electron chi connectivity index (χ0n) is 15.4. The standard InChI is InChI=1S/C21H27N3O2.ClH/c25-20(18-10-3-1-4-11-18)23-16-8-7-14-22-15-9-17-24-21(26)19-12-5-2-6-13-19;/h1-6,10-13,22H,7-9,14-17H2,(H,23,25)(H,24,26);1H/p-1. The Morgan fingerprint density at radius 3 is 1.52 bits per heavy atom. The maximum atomic E-state index is 11.8. The van der Waals surface area contributed by atoms with Gasteiger partial charge in [-0.3, -0.25) is 9.59 Å². The normalized spacial score (nSPS) is 9.93. The van der Waals surface area contributed by atoms with Gasteiger partial charge in [-0.05, 0) is 56.6 Å². The number of benzene rings is 2. The van der Waals surface area contributed by atoms with Crippen molar-refractivity contribution in [2.45, 2.75) is 19.3 Å². The second-order valence-electron chi connectivity index (χ2n) is 6.05. The van der Waals surface area contributed by atoms with Crippen LogP contribution in [0.1, 0.15) is 40.0 Å². The molecular weight excluding hydrogens is 362 g/mol. The molecule has 0 saturated heterocycles. The van der Waals surface area contributed by atoms with Crippen molar-refractivity contribution >= 4 is 11.8 Å². The minimum Gasteiger partial charge on any atom is -1.00 e. The molecule has 2 amide bonds. The Morgan fingerprint density at radius 1 is 0.593 bits per heavy atom. The van der Waals surface area contributed by atoms with Crippen LogP contribution in [0, 0.1) is 0 Å². The first-order valence-corrected chi connectivity index (χ1v) is 9.14. The molecule has 146 valence electrons. The average Bonchev–Trinajstić information content (AvgIpc) is 2.70. The van der Waals surface area contributed by atoms with Gasteiger partial charge >= 0.3 is 0 Å². The number of carbonyl (C=O) groups is 2. The van der Waals surface area contributed by atoms with Gasteiger partial charge in [-0.15, -0.1) is 0 Å². The molecule has 2 rings (SSSR count). The summed E-state index contributed by atoms with van der Waals surface area (Å²) in [6, 6.07) is 18.5. The van der Waals surface area contributed by atoms with Crippen molar-refractivity contribution in [2.24, 2.45) is 0 Å². The Morgan fingerprint density at radius 2 is 1.00 bits per heavy atom. The molecule has 0 unspecified atom stereocenters. The fraction of sp³-hybridized carbons (Fsp3) is 0.333. The van der Waals surface area contributed by atoms with Gasteiger partial charge in [0, 0.05) is 24.2 Å². The first kappa shape index (κ1) is 22.7. The zero-order chi connectivity index (χ0) is 18.5. The van der Waals surface area contributed by atoms with E-state index in [9.17, 15) is 9.59 Å². The van der Waals surface area contributed by atoms with E-state index in [-0.39, 0.29) is 24.2 Å². The summed E-state index contributed by atoms with van der Waals surface area (Å²) < 4.78 is 0. The lowest BCUT2D eigenvalue weighted by Crippen LogP contribution is -3.00. The van der Waals surface area contributed by atoms with E-state index in [1.54, 1.807) is 0 Å². The maximum absolute atomic E-state index is 11.8. The number of halogens is 1. The minimum absolute atomic E-state index is 0. The fourth-order valence-corrected chi connectivity index (χ4v) is 2.50. The third-order valence-corrected chi connectivity index (χ3v) is 3.95. The van der Waals surface area contributed by atoms with Gasteiger partial charge in [-0.2, -0.15) is 0 Å². The highest BCUT2D eigenvalue weighted by atomic mass is 35.5. The van der Waals surface area contributed by atoms with E-state index in [4.69, 9.17) is 0 Å². The van der Waals surface area contributed by atoms with Crippen molar-refractivity contribution in [1.29, 1.82) is 0 Å². The second-order valence-corrected chi connectivity index (χ2v) is 6.05. The Balaban J connectivity index is 0.00000364. The fourth-order valence-electron chi connectivity index (χ4n) is 2.50. The summed E-state index contributed by atoms with van der Waals surface area (Å²) in [5, 5.41) is 9.19. The van der Waals surface area contributed by atoms with Crippen LogP contribution < -0.4 is 28.4 Å². The SMILES string of the molecule is O=C(NCCCCNCCCNC(=O)c1ccccc1)c1ccccc1.[Cl-]. The van der Waals surface area contributed by atoms with E-state index in [1.165, 1.54) is 0 Å². The molecule has 5 nitrogen and oxygen atoms in total. The summed E-state index contributed by atoms with van der Waals surface area (Å²) in [4.78, 5) is 23.7. The van der Waals surface area contributed by atoms with Gasteiger partial charge in [0.2, 0.25) is 0 Å². The molecular formula is C21H27ClN3O2-. The lowest BCUT2D eigenvalue weighted by Gasteiger charge is -2.07. The lowest BCUT2D eigenvalue weighted by atomic mass is 10.2. The third kappa shape index (κ3) is 9.22. The van der Waals surface area contributed by atoms with Crippen LogP contribution in [0.5, 0.6) is 0 Å². The van der Waals surface area contributed by atoms with E-state index in [1.807, 2.05) is 60.7 Å². The van der Waals surface area contributed by atoms with Crippen molar-refractivity contribution < 1.29 is 22.0 Å². The van der Waals surface area contributed by atoms with Crippen LogP contribution in [-0.2, 0) is 0 Å². The number of rotatable bonds is 11. The number of nitrogens with one attached hydrogen (secondary N) is 3. The molecule has 2 aromatic carbocycles. The maximum Gasteiger partial charge on any atom is 0.251 e. The molecule has 27 heavy (non-hydrogen) atoms. The predicted octanol–water partition coefficient (Wildman–Crippen LogP) is -0.390. The summed E-state index contributed by atoms with van der Waals surface area (Å²) in [6.45, 7) is 3.12. The largest absolute Gasteiger partial charge is 1.00 e. The molecule has 0 aliphatic rings. The molecule has 0 radical (unpaired) electrons. The molecule has 0 atom stereocenters. The molecule has 0 bridgehead atoms. The summed E-state index contributed by atoms with van der Waals surface area (Å²) in [6.07, 6.45) is 2.84. The summed E-state index contributed by atoms with van der Waals surface area (Å²) >= 11 is 0. The van der Waals surface area contributed by atoms with E-state index in [0.29, 0.717) is 24.2 Å². The molecule has 6 heteroatoms. The Bertz CT molecular complexity index is 606. The van der Waals surface area contributed by atoms with Crippen molar-refractivity contribution in [3.63, 3.8) is 0 Å². The smallest absolute Gasteiger partial charge is 0.251 e. The Kier molecular flexibility index (Phi) is 11.6. The van der Waals surface area contributed by atoms with Crippen molar-refractivity contribution in [1.82, 2.24) is 16.0 Å². The van der Waals surface area contributed by atoms with Gasteiger partial charge in [-0.25, -0.2) is 0 Å². The molecule has 0 heterocycles. The van der Waals surface area contributed by atoms with Gasteiger partial charge in [0.05, 0.1) is 0 Å². The van der Waals surface area contributed by atoms with E-state index < -0.39 is 0 Å². The van der Waals surface area contributed by atoms with Crippen LogP contribution in [-0.4, -0.2) is 38.0 Å². The first-order valence-electron chi connectivity index (χ1n) is 9.14. The van der Waals surface area contributed by atoms with Crippen molar-refractivity contribution in [3.8, 4) is 0 Å². The number of unbranched alkanes of at least 4 members (excludes halogenated alkanes) is 1. The van der Waals surface area contributed by atoms with Gasteiger partial charge in [0.15, 0.2) is 0 Å². The van der Waals surface area contributed by atoms with Crippen molar-refractivity contribution in [3.05, 3.63) is 71.8 Å². The second kappa shape index (κ2) is 13.8. The number of amides is 2. The van der Waals surface area contributed by atoms with Crippen LogP contribution in [0.15, 0.2) is 60.7 Å². The number of carbonyl (C=O) groups excluding carboxylic acids is 2. The van der Waals surface area contributed by atoms with Crippen LogP contribution in [0.2, 0.25) is 0 Å². The van der Waals surface area contributed by atoms with E-state index in [0.717, 1.165) is 32.4 Å². The Hall–Kier alpha value is -2.37. The highest BCUT2D eigenvalue weighted by Gasteiger charge is 2.03. The molecule has 0 aliphatic carbocycles. The van der Waals surface area contributed by atoms with Crippen LogP contribution >= 0.6 is 0 Å². The molecule has 0 saturated carbocycles. The molecule has 0 spiro atoms. The minimum atomic E-state index is -0.0280. The van der Waals surface area contributed by atoms with Gasteiger partial charge < -0.3 is 28.4 Å². The first-order chi connectivity index (χ1) is 12.8. The molecule has 3 N–H and O–H groups in total. The molecule has 0 aliphatic heterocycles. The van der Waals surface area contributed by atoms with Crippen LogP contribution in [0.25, 0.3) is 0 Å². The van der Waals surface area contributed by atoms with Crippen LogP contribution in [0.4, 0.5) is 0 Å². The summed E-state index contributed by atoms with van der Waals surface area (Å²) in [5.41, 5.74) is 1.39. The van der Waals surface area contributed by atoms with Gasteiger partial charge in [-0.1, -0.05) is 36.4 Å². The van der Waals surface area contributed by atoms with Gasteiger partial charge in [0.1, 0.15) is 0 Å². The summed E-state index contributed by atoms with van der Waals surface area (Å²) in [7, 11) is 0. The summed E-state index contributed by atoms with van der Waals surface area (Å²) in [5.74, 6) is -0.0486. The quantitative estimate of drug-likeness (QED) is 0.459. The topological polar surface area (TPSA) is 70.2 Å². The monoisotopic (exact) mass is 388 g/mol. The van der Waals surface area contributed by atoms with E-state index >= 15 is 0 Å². The van der Waals surface area contributed by atoms with Crippen molar-refractivity contribution in [2.75, 3.05) is 26.2 Å². The highest BCUT2D eigenvalue weighted by Crippen LogP contribution is 1.98.